The number of thiazole rings is 1. The number of nitrogens with zero attached hydrogens (tertiary/aromatic N) is 3. The van der Waals surface area contributed by atoms with Crippen LogP contribution in [-0.2, 0) is 11.3 Å². The number of hydrogen-bond acceptors (Lipinski definition) is 5. The van der Waals surface area contributed by atoms with E-state index in [0.29, 0.717) is 23.9 Å². The van der Waals surface area contributed by atoms with Crippen molar-refractivity contribution in [1.29, 1.82) is 0 Å². The van der Waals surface area contributed by atoms with Gasteiger partial charge < -0.3 is 9.64 Å². The normalized spacial score (nSPS) is 15.5. The van der Waals surface area contributed by atoms with Crippen molar-refractivity contribution in [2.24, 2.45) is 0 Å². The van der Waals surface area contributed by atoms with Gasteiger partial charge in [-0.1, -0.05) is 23.7 Å². The molecule has 24 heavy (non-hydrogen) atoms. The van der Waals surface area contributed by atoms with Gasteiger partial charge in [-0.2, -0.15) is 0 Å². The van der Waals surface area contributed by atoms with Crippen LogP contribution in [0.1, 0.15) is 10.7 Å². The van der Waals surface area contributed by atoms with Crippen LogP contribution in [0.4, 0.5) is 0 Å². The lowest BCUT2D eigenvalue weighted by Crippen LogP contribution is -2.49. The maximum atomic E-state index is 12.3. The summed E-state index contributed by atoms with van der Waals surface area (Å²) in [5.74, 6) is 0.545. The molecule has 0 radical (unpaired) electrons. The van der Waals surface area contributed by atoms with Gasteiger partial charge in [0.1, 0.15) is 5.75 Å². The third-order valence-corrected chi connectivity index (χ3v) is 5.10. The molecule has 1 aliphatic heterocycles. The first-order chi connectivity index (χ1) is 11.6. The van der Waals surface area contributed by atoms with Crippen LogP contribution in [0.25, 0.3) is 0 Å². The van der Waals surface area contributed by atoms with E-state index in [1.165, 1.54) is 0 Å². The zero-order valence-corrected chi connectivity index (χ0v) is 15.1. The number of para-hydroxylation sites is 1. The Morgan fingerprint density at radius 2 is 2.04 bits per heavy atom. The highest BCUT2D eigenvalue weighted by molar-refractivity contribution is 7.09. The second-order valence-corrected chi connectivity index (χ2v) is 7.20. The number of carbonyl (C=O) groups excluding carboxylic acids is 1. The molecule has 3 rings (SSSR count). The van der Waals surface area contributed by atoms with Crippen molar-refractivity contribution >= 4 is 28.8 Å². The average molecular weight is 366 g/mol. The van der Waals surface area contributed by atoms with Gasteiger partial charge in [0.15, 0.2) is 6.61 Å². The molecule has 0 unspecified atom stereocenters. The molecule has 2 aromatic rings. The summed E-state index contributed by atoms with van der Waals surface area (Å²) in [5.41, 5.74) is 1.11. The first-order valence-corrected chi connectivity index (χ1v) is 9.16. The second kappa shape index (κ2) is 7.96. The van der Waals surface area contributed by atoms with Crippen LogP contribution in [0.5, 0.6) is 5.75 Å². The smallest absolute Gasteiger partial charge is 0.260 e. The maximum absolute atomic E-state index is 12.3. The Morgan fingerprint density at radius 3 is 2.71 bits per heavy atom. The Bertz CT molecular complexity index is 699. The zero-order valence-electron chi connectivity index (χ0n) is 13.6. The van der Waals surface area contributed by atoms with Crippen molar-refractivity contribution in [3.05, 3.63) is 45.4 Å². The molecule has 1 saturated heterocycles. The van der Waals surface area contributed by atoms with Gasteiger partial charge in [0.2, 0.25) is 0 Å². The number of halogens is 1. The fourth-order valence-corrected chi connectivity index (χ4v) is 3.45. The van der Waals surface area contributed by atoms with E-state index in [1.54, 1.807) is 23.5 Å². The van der Waals surface area contributed by atoms with E-state index in [9.17, 15) is 4.79 Å². The monoisotopic (exact) mass is 365 g/mol. The number of carbonyl (C=O) groups is 1. The first-order valence-electron chi connectivity index (χ1n) is 7.90. The van der Waals surface area contributed by atoms with E-state index >= 15 is 0 Å². The number of piperazine rings is 1. The number of rotatable bonds is 5. The highest BCUT2D eigenvalue weighted by atomic mass is 35.5. The molecule has 0 spiro atoms. The molecule has 0 saturated carbocycles. The van der Waals surface area contributed by atoms with Crippen LogP contribution in [0.2, 0.25) is 5.02 Å². The lowest BCUT2D eigenvalue weighted by Gasteiger charge is -2.34. The molecule has 1 aromatic carbocycles. The zero-order chi connectivity index (χ0) is 16.9. The van der Waals surface area contributed by atoms with Gasteiger partial charge in [0, 0.05) is 38.1 Å². The van der Waals surface area contributed by atoms with E-state index in [0.717, 1.165) is 30.3 Å². The Morgan fingerprint density at radius 1 is 1.29 bits per heavy atom. The van der Waals surface area contributed by atoms with Gasteiger partial charge >= 0.3 is 0 Å². The third-order valence-electron chi connectivity index (χ3n) is 3.96. The molecule has 0 aliphatic carbocycles. The molecular weight excluding hydrogens is 346 g/mol. The van der Waals surface area contributed by atoms with Gasteiger partial charge in [-0.15, -0.1) is 11.3 Å². The summed E-state index contributed by atoms with van der Waals surface area (Å²) in [4.78, 5) is 20.9. The highest BCUT2D eigenvalue weighted by Gasteiger charge is 2.22. The van der Waals surface area contributed by atoms with Crippen molar-refractivity contribution in [3.8, 4) is 5.75 Å². The van der Waals surface area contributed by atoms with Crippen molar-refractivity contribution in [1.82, 2.24) is 14.8 Å². The molecule has 1 amide bonds. The van der Waals surface area contributed by atoms with Crippen LogP contribution in [-0.4, -0.2) is 53.5 Å². The molecule has 5 nitrogen and oxygen atoms in total. The van der Waals surface area contributed by atoms with Gasteiger partial charge in [0.25, 0.3) is 5.91 Å². The van der Waals surface area contributed by atoms with Gasteiger partial charge in [-0.3, -0.25) is 9.69 Å². The van der Waals surface area contributed by atoms with Crippen LogP contribution in [0.15, 0.2) is 29.6 Å². The average Bonchev–Trinajstić information content (AvgIpc) is 2.99. The second-order valence-electron chi connectivity index (χ2n) is 5.73. The predicted molar refractivity (Wildman–Crippen MR) is 95.7 cm³/mol. The number of amides is 1. The summed E-state index contributed by atoms with van der Waals surface area (Å²) in [6.45, 7) is 6.03. The van der Waals surface area contributed by atoms with Crippen molar-refractivity contribution in [2.75, 3.05) is 32.8 Å². The summed E-state index contributed by atoms with van der Waals surface area (Å²) in [7, 11) is 0. The number of hydrogen-bond donors (Lipinski definition) is 0. The first kappa shape index (κ1) is 17.2. The molecule has 0 bridgehead atoms. The van der Waals surface area contributed by atoms with E-state index in [1.807, 2.05) is 24.0 Å². The van der Waals surface area contributed by atoms with Crippen molar-refractivity contribution in [2.45, 2.75) is 13.5 Å². The molecular formula is C17H20ClN3O2S. The Balaban J connectivity index is 1.44. The maximum Gasteiger partial charge on any atom is 0.260 e. The minimum absolute atomic E-state index is 0.000859. The van der Waals surface area contributed by atoms with Gasteiger partial charge in [0.05, 0.1) is 15.7 Å². The van der Waals surface area contributed by atoms with Crippen LogP contribution >= 0.6 is 22.9 Å². The number of ether oxygens (including phenoxy) is 1. The van der Waals surface area contributed by atoms with Crippen LogP contribution in [0.3, 0.4) is 0 Å². The molecule has 128 valence electrons. The minimum atomic E-state index is -0.000859. The van der Waals surface area contributed by atoms with Gasteiger partial charge in [-0.25, -0.2) is 4.98 Å². The molecule has 1 fully saturated rings. The molecule has 1 aromatic heterocycles. The van der Waals surface area contributed by atoms with E-state index in [2.05, 4.69) is 15.3 Å². The summed E-state index contributed by atoms with van der Waals surface area (Å²) < 4.78 is 5.53. The number of aromatic nitrogens is 1. The molecule has 1 aliphatic rings. The molecule has 2 heterocycles. The van der Waals surface area contributed by atoms with Crippen LogP contribution < -0.4 is 4.74 Å². The summed E-state index contributed by atoms with van der Waals surface area (Å²) in [6.07, 6.45) is 0. The summed E-state index contributed by atoms with van der Waals surface area (Å²) in [5, 5.41) is 3.72. The fourth-order valence-electron chi connectivity index (χ4n) is 2.66. The summed E-state index contributed by atoms with van der Waals surface area (Å²) in [6, 6.07) is 7.19. The van der Waals surface area contributed by atoms with E-state index in [-0.39, 0.29) is 12.5 Å². The number of benzene rings is 1. The minimum Gasteiger partial charge on any atom is -0.482 e. The van der Waals surface area contributed by atoms with Crippen molar-refractivity contribution < 1.29 is 9.53 Å². The molecule has 0 N–H and O–H groups in total. The van der Waals surface area contributed by atoms with Gasteiger partial charge in [-0.05, 0) is 19.1 Å². The third kappa shape index (κ3) is 4.47. The highest BCUT2D eigenvalue weighted by Crippen LogP contribution is 2.23. The standard InChI is InChI=1S/C17H20ClN3O2S/c1-13-19-14(12-24-13)10-20-6-8-21(9-7-20)17(22)11-23-16-5-3-2-4-15(16)18/h2-5,12H,6-11H2,1H3. The van der Waals surface area contributed by atoms with Crippen molar-refractivity contribution in [3.63, 3.8) is 0 Å². The quantitative estimate of drug-likeness (QED) is 0.817. The SMILES string of the molecule is Cc1nc(CN2CCN(C(=O)COc3ccccc3Cl)CC2)cs1. The van der Waals surface area contributed by atoms with E-state index < -0.39 is 0 Å². The van der Waals surface area contributed by atoms with Crippen LogP contribution in [0, 0.1) is 6.92 Å². The Labute approximate surface area is 150 Å². The molecule has 7 heteroatoms. The molecule has 0 atom stereocenters. The lowest BCUT2D eigenvalue weighted by molar-refractivity contribution is -0.135. The predicted octanol–water partition coefficient (Wildman–Crippen LogP) is 2.83. The Hall–Kier alpha value is -1.63. The van der Waals surface area contributed by atoms with E-state index in [4.69, 9.17) is 16.3 Å². The fraction of sp³-hybridized carbons (Fsp3) is 0.412. The number of aryl methyl sites for hydroxylation is 1. The topological polar surface area (TPSA) is 45.7 Å². The summed E-state index contributed by atoms with van der Waals surface area (Å²) >= 11 is 7.70. The lowest BCUT2D eigenvalue weighted by atomic mass is 10.3. The largest absolute Gasteiger partial charge is 0.482 e. The Kier molecular flexibility index (Phi) is 5.71.